The van der Waals surface area contributed by atoms with Gasteiger partial charge >= 0.3 is 6.18 Å². The van der Waals surface area contributed by atoms with Crippen LogP contribution in [0.2, 0.25) is 0 Å². The number of alkyl halides is 3. The number of benzene rings is 1. The number of pyridine rings is 1. The standard InChI is InChI=1S/C20H16F3N3O2/c1-3-9-26-11(2)24-16-15-13(20(21,22)23)10-14(12-7-5-4-6-8-12)25-18(15)28-17(16)19(26)27/h4-8,10H,3,9H2,1-2H3. The molecule has 0 aliphatic heterocycles. The molecule has 0 aliphatic rings. The molecular formula is C20H16F3N3O2. The SMILES string of the molecule is CCCn1c(C)nc2c(oc3nc(-c4ccccc4)cc(C(F)(F)F)c32)c1=O. The van der Waals surface area contributed by atoms with E-state index in [1.165, 1.54) is 4.57 Å². The number of nitrogens with zero attached hydrogens (tertiary/aromatic N) is 3. The van der Waals surface area contributed by atoms with Gasteiger partial charge < -0.3 is 4.42 Å². The van der Waals surface area contributed by atoms with Crippen LogP contribution in [-0.2, 0) is 12.7 Å². The summed E-state index contributed by atoms with van der Waals surface area (Å²) in [7, 11) is 0. The van der Waals surface area contributed by atoms with Crippen molar-refractivity contribution in [3.63, 3.8) is 0 Å². The molecule has 0 aliphatic carbocycles. The average molecular weight is 387 g/mol. The average Bonchev–Trinajstić information content (AvgIpc) is 3.03. The van der Waals surface area contributed by atoms with Gasteiger partial charge in [0.15, 0.2) is 0 Å². The van der Waals surface area contributed by atoms with Gasteiger partial charge in [0.25, 0.3) is 5.56 Å². The van der Waals surface area contributed by atoms with Crippen molar-refractivity contribution in [2.45, 2.75) is 33.0 Å². The largest absolute Gasteiger partial charge is 0.430 e. The Morgan fingerprint density at radius 2 is 1.86 bits per heavy atom. The fraction of sp³-hybridized carbons (Fsp3) is 0.250. The highest BCUT2D eigenvalue weighted by Gasteiger charge is 2.36. The first-order valence-electron chi connectivity index (χ1n) is 8.78. The highest BCUT2D eigenvalue weighted by atomic mass is 19.4. The van der Waals surface area contributed by atoms with Gasteiger partial charge in [0.05, 0.1) is 16.6 Å². The highest BCUT2D eigenvalue weighted by Crippen LogP contribution is 2.40. The van der Waals surface area contributed by atoms with Crippen molar-refractivity contribution < 1.29 is 17.6 Å². The quantitative estimate of drug-likeness (QED) is 0.499. The third kappa shape index (κ3) is 2.85. The number of rotatable bonds is 3. The lowest BCUT2D eigenvalue weighted by atomic mass is 10.1. The van der Waals surface area contributed by atoms with Crippen molar-refractivity contribution in [1.29, 1.82) is 0 Å². The summed E-state index contributed by atoms with van der Waals surface area (Å²) >= 11 is 0. The summed E-state index contributed by atoms with van der Waals surface area (Å²) in [5, 5.41) is -0.286. The zero-order valence-electron chi connectivity index (χ0n) is 15.2. The molecule has 0 unspecified atom stereocenters. The van der Waals surface area contributed by atoms with Crippen LogP contribution in [-0.4, -0.2) is 14.5 Å². The minimum atomic E-state index is -4.66. The van der Waals surface area contributed by atoms with Gasteiger partial charge in [-0.1, -0.05) is 37.3 Å². The third-order valence-electron chi connectivity index (χ3n) is 4.56. The molecule has 0 spiro atoms. The van der Waals surface area contributed by atoms with Crippen molar-refractivity contribution in [2.24, 2.45) is 0 Å². The third-order valence-corrected chi connectivity index (χ3v) is 4.56. The fourth-order valence-electron chi connectivity index (χ4n) is 3.29. The second-order valence-corrected chi connectivity index (χ2v) is 6.49. The molecule has 0 saturated carbocycles. The summed E-state index contributed by atoms with van der Waals surface area (Å²) in [4.78, 5) is 21.2. The van der Waals surface area contributed by atoms with E-state index >= 15 is 0 Å². The zero-order valence-corrected chi connectivity index (χ0v) is 15.2. The minimum Gasteiger partial charge on any atom is -0.430 e. The van der Waals surface area contributed by atoms with Gasteiger partial charge in [-0.15, -0.1) is 0 Å². The molecule has 3 heterocycles. The van der Waals surface area contributed by atoms with Crippen LogP contribution in [0.25, 0.3) is 33.5 Å². The van der Waals surface area contributed by atoms with E-state index in [2.05, 4.69) is 9.97 Å². The molecule has 0 bridgehead atoms. The Morgan fingerprint density at radius 1 is 1.14 bits per heavy atom. The summed E-state index contributed by atoms with van der Waals surface area (Å²) in [6.45, 7) is 3.89. The van der Waals surface area contributed by atoms with Crippen LogP contribution in [0.1, 0.15) is 24.7 Å². The van der Waals surface area contributed by atoms with E-state index in [0.717, 1.165) is 6.07 Å². The highest BCUT2D eigenvalue weighted by molar-refractivity contribution is 6.03. The van der Waals surface area contributed by atoms with Crippen molar-refractivity contribution in [2.75, 3.05) is 0 Å². The second kappa shape index (κ2) is 6.47. The molecule has 0 amide bonds. The molecule has 4 rings (SSSR count). The summed E-state index contributed by atoms with van der Waals surface area (Å²) in [5.41, 5.74) is -1.36. The molecule has 28 heavy (non-hydrogen) atoms. The van der Waals surface area contributed by atoms with Gasteiger partial charge in [-0.05, 0) is 19.4 Å². The maximum Gasteiger partial charge on any atom is 0.417 e. The van der Waals surface area contributed by atoms with E-state index in [-0.39, 0.29) is 27.9 Å². The Hall–Kier alpha value is -3.16. The molecule has 5 nitrogen and oxygen atoms in total. The fourth-order valence-corrected chi connectivity index (χ4v) is 3.29. The zero-order chi connectivity index (χ0) is 20.1. The number of fused-ring (bicyclic) bond motifs is 3. The number of furan rings is 1. The van der Waals surface area contributed by atoms with Crippen LogP contribution in [0.5, 0.6) is 0 Å². The summed E-state index contributed by atoms with van der Waals surface area (Å²) in [5.74, 6) is 0.335. The summed E-state index contributed by atoms with van der Waals surface area (Å²) in [6, 6.07) is 9.47. The summed E-state index contributed by atoms with van der Waals surface area (Å²) in [6.07, 6.45) is -3.98. The van der Waals surface area contributed by atoms with Gasteiger partial charge in [-0.25, -0.2) is 9.97 Å². The Kier molecular flexibility index (Phi) is 4.21. The molecular weight excluding hydrogens is 371 g/mol. The maximum atomic E-state index is 13.8. The topological polar surface area (TPSA) is 60.9 Å². The monoisotopic (exact) mass is 387 g/mol. The van der Waals surface area contributed by atoms with Crippen molar-refractivity contribution >= 4 is 22.2 Å². The number of aryl methyl sites for hydroxylation is 1. The number of hydrogen-bond acceptors (Lipinski definition) is 4. The van der Waals surface area contributed by atoms with Crippen LogP contribution in [0.15, 0.2) is 45.6 Å². The lowest BCUT2D eigenvalue weighted by molar-refractivity contribution is -0.136. The van der Waals surface area contributed by atoms with E-state index in [0.29, 0.717) is 24.4 Å². The Bertz CT molecular complexity index is 1240. The van der Waals surface area contributed by atoms with E-state index < -0.39 is 17.3 Å². The predicted molar refractivity (Wildman–Crippen MR) is 99.0 cm³/mol. The minimum absolute atomic E-state index is 0.107. The molecule has 3 aromatic heterocycles. The molecule has 0 N–H and O–H groups in total. The van der Waals surface area contributed by atoms with E-state index in [4.69, 9.17) is 4.42 Å². The predicted octanol–water partition coefficient (Wildman–Crippen LogP) is 4.94. The number of halogens is 3. The van der Waals surface area contributed by atoms with Crippen molar-refractivity contribution in [3.05, 3.63) is 58.1 Å². The molecule has 8 heteroatoms. The normalized spacial score (nSPS) is 12.2. The van der Waals surface area contributed by atoms with E-state index in [1.807, 2.05) is 6.92 Å². The van der Waals surface area contributed by atoms with Gasteiger partial charge in [0.1, 0.15) is 11.3 Å². The number of hydrogen-bond donors (Lipinski definition) is 0. The van der Waals surface area contributed by atoms with Crippen molar-refractivity contribution in [1.82, 2.24) is 14.5 Å². The van der Waals surface area contributed by atoms with Gasteiger partial charge in [-0.2, -0.15) is 13.2 Å². The molecule has 4 aromatic rings. The maximum absolute atomic E-state index is 13.8. The van der Waals surface area contributed by atoms with Gasteiger partial charge in [-0.3, -0.25) is 9.36 Å². The first-order valence-corrected chi connectivity index (χ1v) is 8.78. The second-order valence-electron chi connectivity index (χ2n) is 6.49. The Labute approximate surface area is 157 Å². The Morgan fingerprint density at radius 3 is 2.50 bits per heavy atom. The van der Waals surface area contributed by atoms with E-state index in [1.54, 1.807) is 37.3 Å². The molecule has 144 valence electrons. The van der Waals surface area contributed by atoms with Crippen LogP contribution < -0.4 is 5.56 Å². The molecule has 1 aromatic carbocycles. The first kappa shape index (κ1) is 18.2. The summed E-state index contributed by atoms with van der Waals surface area (Å²) < 4.78 is 48.4. The lowest BCUT2D eigenvalue weighted by Gasteiger charge is -2.10. The van der Waals surface area contributed by atoms with Crippen molar-refractivity contribution in [3.8, 4) is 11.3 Å². The molecule has 0 fully saturated rings. The first-order chi connectivity index (χ1) is 13.3. The lowest BCUT2D eigenvalue weighted by Crippen LogP contribution is -2.23. The van der Waals surface area contributed by atoms with Crippen LogP contribution in [0.3, 0.4) is 0 Å². The van der Waals surface area contributed by atoms with E-state index in [9.17, 15) is 18.0 Å². The Balaban J connectivity index is 2.12. The molecule has 0 saturated heterocycles. The van der Waals surface area contributed by atoms with Crippen LogP contribution in [0.4, 0.5) is 13.2 Å². The molecule has 0 atom stereocenters. The van der Waals surface area contributed by atoms with Crippen LogP contribution >= 0.6 is 0 Å². The smallest absolute Gasteiger partial charge is 0.417 e. The molecule has 0 radical (unpaired) electrons. The van der Waals surface area contributed by atoms with Crippen LogP contribution in [0, 0.1) is 6.92 Å². The van der Waals surface area contributed by atoms with Gasteiger partial charge in [0.2, 0.25) is 11.3 Å². The number of aromatic nitrogens is 3. The van der Waals surface area contributed by atoms with Gasteiger partial charge in [0, 0.05) is 12.1 Å².